The Morgan fingerprint density at radius 3 is 2.69 bits per heavy atom. The van der Waals surface area contributed by atoms with E-state index in [0.29, 0.717) is 0 Å². The zero-order valence-electron chi connectivity index (χ0n) is 9.69. The van der Waals surface area contributed by atoms with Gasteiger partial charge in [0.2, 0.25) is 0 Å². The third kappa shape index (κ3) is 1.79. The molecule has 0 radical (unpaired) electrons. The monoisotopic (exact) mass is 217 g/mol. The van der Waals surface area contributed by atoms with Gasteiger partial charge in [0.15, 0.2) is 0 Å². The summed E-state index contributed by atoms with van der Waals surface area (Å²) in [6.07, 6.45) is 0. The van der Waals surface area contributed by atoms with E-state index in [1.807, 2.05) is 25.1 Å². The second-order valence-corrected chi connectivity index (χ2v) is 3.80. The maximum absolute atomic E-state index is 5.71. The summed E-state index contributed by atoms with van der Waals surface area (Å²) in [7, 11) is 3.44. The molecule has 0 bridgehead atoms. The van der Waals surface area contributed by atoms with E-state index in [2.05, 4.69) is 11.1 Å². The molecule has 0 aliphatic heterocycles. The first-order valence-electron chi connectivity index (χ1n) is 5.05. The fourth-order valence-electron chi connectivity index (χ4n) is 1.73. The number of aryl methyl sites for hydroxylation is 1. The minimum atomic E-state index is 0.790. The van der Waals surface area contributed by atoms with Gasteiger partial charge in [-0.15, -0.1) is 0 Å². The molecular weight excluding hydrogens is 202 g/mol. The first kappa shape index (κ1) is 10.7. The molecule has 1 heterocycles. The van der Waals surface area contributed by atoms with Crippen molar-refractivity contribution in [3.05, 3.63) is 29.8 Å². The summed E-state index contributed by atoms with van der Waals surface area (Å²) < 4.78 is 5.18. The summed E-state index contributed by atoms with van der Waals surface area (Å²) in [4.78, 5) is 4.50. The Labute approximate surface area is 94.6 Å². The summed E-state index contributed by atoms with van der Waals surface area (Å²) >= 11 is 0. The van der Waals surface area contributed by atoms with Crippen LogP contribution in [0.25, 0.3) is 10.9 Å². The lowest BCUT2D eigenvalue weighted by atomic mass is 10.1. The molecule has 0 fully saturated rings. The predicted octanol–water partition coefficient (Wildman–Crippen LogP) is 1.86. The smallest absolute Gasteiger partial charge is 0.145 e. The number of pyridine rings is 1. The Morgan fingerprint density at radius 1 is 1.31 bits per heavy atom. The average Bonchev–Trinajstić information content (AvgIpc) is 2.27. The highest BCUT2D eigenvalue weighted by Crippen LogP contribution is 2.24. The first-order chi connectivity index (χ1) is 7.61. The standard InChI is InChI=1S/C12H15N3O/c1-8-6-9-7-10(16-3)4-5-11(9)14-12(8)15(2)13/h4-7H,13H2,1-3H3. The number of nitrogens with zero attached hydrogens (tertiary/aromatic N) is 2. The number of hydrazine groups is 1. The maximum Gasteiger partial charge on any atom is 0.145 e. The van der Waals surface area contributed by atoms with E-state index in [9.17, 15) is 0 Å². The number of ether oxygens (including phenoxy) is 1. The van der Waals surface area contributed by atoms with Crippen LogP contribution in [0.5, 0.6) is 5.75 Å². The number of hydrogen-bond donors (Lipinski definition) is 1. The van der Waals surface area contributed by atoms with Crippen LogP contribution >= 0.6 is 0 Å². The van der Waals surface area contributed by atoms with Gasteiger partial charge >= 0.3 is 0 Å². The third-order valence-corrected chi connectivity index (χ3v) is 2.52. The van der Waals surface area contributed by atoms with Gasteiger partial charge < -0.3 is 4.74 Å². The zero-order chi connectivity index (χ0) is 11.7. The highest BCUT2D eigenvalue weighted by atomic mass is 16.5. The fourth-order valence-corrected chi connectivity index (χ4v) is 1.73. The number of fused-ring (bicyclic) bond motifs is 1. The van der Waals surface area contributed by atoms with Crippen molar-refractivity contribution < 1.29 is 4.74 Å². The van der Waals surface area contributed by atoms with E-state index >= 15 is 0 Å². The molecule has 84 valence electrons. The molecule has 16 heavy (non-hydrogen) atoms. The predicted molar refractivity (Wildman–Crippen MR) is 65.6 cm³/mol. The van der Waals surface area contributed by atoms with E-state index in [0.717, 1.165) is 28.0 Å². The van der Waals surface area contributed by atoms with Crippen molar-refractivity contribution in [3.8, 4) is 5.75 Å². The highest BCUT2D eigenvalue weighted by Gasteiger charge is 2.06. The van der Waals surface area contributed by atoms with Crippen LogP contribution in [0.15, 0.2) is 24.3 Å². The van der Waals surface area contributed by atoms with Crippen LogP contribution in [0.1, 0.15) is 5.56 Å². The van der Waals surface area contributed by atoms with Crippen LogP contribution in [0.4, 0.5) is 5.82 Å². The number of hydrogen-bond acceptors (Lipinski definition) is 4. The van der Waals surface area contributed by atoms with E-state index in [1.165, 1.54) is 5.01 Å². The summed E-state index contributed by atoms with van der Waals surface area (Å²) in [6, 6.07) is 7.85. The van der Waals surface area contributed by atoms with E-state index in [1.54, 1.807) is 14.2 Å². The Morgan fingerprint density at radius 2 is 2.06 bits per heavy atom. The number of anilines is 1. The molecule has 0 atom stereocenters. The summed E-state index contributed by atoms with van der Waals surface area (Å²) in [5.41, 5.74) is 1.96. The van der Waals surface area contributed by atoms with Crippen molar-refractivity contribution in [1.29, 1.82) is 0 Å². The molecule has 4 nitrogen and oxygen atoms in total. The van der Waals surface area contributed by atoms with E-state index < -0.39 is 0 Å². The molecule has 2 N–H and O–H groups in total. The lowest BCUT2D eigenvalue weighted by Crippen LogP contribution is -2.26. The van der Waals surface area contributed by atoms with Gasteiger partial charge in [0.05, 0.1) is 12.6 Å². The largest absolute Gasteiger partial charge is 0.497 e. The van der Waals surface area contributed by atoms with Crippen molar-refractivity contribution in [2.45, 2.75) is 6.92 Å². The van der Waals surface area contributed by atoms with Crippen LogP contribution in [-0.2, 0) is 0 Å². The van der Waals surface area contributed by atoms with Crippen molar-refractivity contribution >= 4 is 16.7 Å². The molecule has 2 aromatic rings. The number of rotatable bonds is 2. The lowest BCUT2D eigenvalue weighted by molar-refractivity contribution is 0.415. The summed E-state index contributed by atoms with van der Waals surface area (Å²) in [5, 5.41) is 2.58. The molecule has 0 amide bonds. The molecule has 0 aliphatic rings. The Balaban J connectivity index is 2.64. The van der Waals surface area contributed by atoms with Gasteiger partial charge in [0.25, 0.3) is 0 Å². The lowest BCUT2D eigenvalue weighted by Gasteiger charge is -2.14. The second kappa shape index (κ2) is 3.98. The van der Waals surface area contributed by atoms with Gasteiger partial charge in [-0.05, 0) is 36.8 Å². The van der Waals surface area contributed by atoms with Gasteiger partial charge in [-0.2, -0.15) is 0 Å². The van der Waals surface area contributed by atoms with Crippen LogP contribution in [0, 0.1) is 6.92 Å². The van der Waals surface area contributed by atoms with Crippen molar-refractivity contribution in [2.24, 2.45) is 5.84 Å². The molecule has 0 saturated carbocycles. The molecule has 0 aliphatic carbocycles. The van der Waals surface area contributed by atoms with Crippen molar-refractivity contribution in [3.63, 3.8) is 0 Å². The summed E-state index contributed by atoms with van der Waals surface area (Å²) in [6.45, 7) is 1.99. The normalized spacial score (nSPS) is 10.5. The minimum Gasteiger partial charge on any atom is -0.497 e. The van der Waals surface area contributed by atoms with E-state index in [-0.39, 0.29) is 0 Å². The molecular formula is C12H15N3O. The van der Waals surface area contributed by atoms with Crippen molar-refractivity contribution in [2.75, 3.05) is 19.2 Å². The van der Waals surface area contributed by atoms with Gasteiger partial charge in [0.1, 0.15) is 11.6 Å². The molecule has 1 aromatic carbocycles. The van der Waals surface area contributed by atoms with Crippen LogP contribution in [0.2, 0.25) is 0 Å². The Kier molecular flexibility index (Phi) is 2.66. The summed E-state index contributed by atoms with van der Waals surface area (Å²) in [5.74, 6) is 7.33. The van der Waals surface area contributed by atoms with Crippen LogP contribution < -0.4 is 15.6 Å². The SMILES string of the molecule is COc1ccc2nc(N(C)N)c(C)cc2c1. The Bertz CT molecular complexity index is 523. The fraction of sp³-hybridized carbons (Fsp3) is 0.250. The quantitative estimate of drug-likeness (QED) is 0.616. The maximum atomic E-state index is 5.71. The van der Waals surface area contributed by atoms with Crippen molar-refractivity contribution in [1.82, 2.24) is 4.98 Å². The van der Waals surface area contributed by atoms with E-state index in [4.69, 9.17) is 10.6 Å². The molecule has 0 saturated heterocycles. The van der Waals surface area contributed by atoms with Crippen LogP contribution in [0.3, 0.4) is 0 Å². The van der Waals surface area contributed by atoms with Gasteiger partial charge in [0, 0.05) is 12.4 Å². The molecule has 1 aromatic heterocycles. The highest BCUT2D eigenvalue weighted by molar-refractivity contribution is 5.83. The number of nitrogens with two attached hydrogens (primary N) is 1. The second-order valence-electron chi connectivity index (χ2n) is 3.80. The Hall–Kier alpha value is -1.81. The number of aromatic nitrogens is 1. The molecule has 0 unspecified atom stereocenters. The first-order valence-corrected chi connectivity index (χ1v) is 5.05. The van der Waals surface area contributed by atoms with Gasteiger partial charge in [-0.3, -0.25) is 5.01 Å². The average molecular weight is 217 g/mol. The zero-order valence-corrected chi connectivity index (χ0v) is 9.69. The number of benzene rings is 1. The van der Waals surface area contributed by atoms with Gasteiger partial charge in [-0.25, -0.2) is 10.8 Å². The molecule has 4 heteroatoms. The van der Waals surface area contributed by atoms with Gasteiger partial charge in [-0.1, -0.05) is 0 Å². The number of methoxy groups -OCH3 is 1. The minimum absolute atomic E-state index is 0.790. The molecule has 2 rings (SSSR count). The topological polar surface area (TPSA) is 51.4 Å². The third-order valence-electron chi connectivity index (χ3n) is 2.52. The molecule has 0 spiro atoms. The van der Waals surface area contributed by atoms with Crippen LogP contribution in [-0.4, -0.2) is 19.1 Å².